The molecule has 186 valence electrons. The first-order chi connectivity index (χ1) is 17.0. The van der Waals surface area contributed by atoms with Gasteiger partial charge in [-0.05, 0) is 42.6 Å². The highest BCUT2D eigenvalue weighted by molar-refractivity contribution is 5.87. The van der Waals surface area contributed by atoms with Gasteiger partial charge in [0.1, 0.15) is 0 Å². The van der Waals surface area contributed by atoms with E-state index in [1.807, 2.05) is 48.5 Å². The number of aliphatic hydroxyl groups is 1. The summed E-state index contributed by atoms with van der Waals surface area (Å²) in [6.07, 6.45) is 0.965. The van der Waals surface area contributed by atoms with Crippen LogP contribution in [-0.4, -0.2) is 66.1 Å². The van der Waals surface area contributed by atoms with Crippen LogP contribution >= 0.6 is 0 Å². The molecule has 0 bridgehead atoms. The average Bonchev–Trinajstić information content (AvgIpc) is 2.91. The Labute approximate surface area is 208 Å². The Morgan fingerprint density at radius 2 is 1.43 bits per heavy atom. The van der Waals surface area contributed by atoms with Crippen molar-refractivity contribution in [3.8, 4) is 0 Å². The number of carboxylic acids is 1. The molecule has 0 amide bonds. The monoisotopic (exact) mass is 476 g/mol. The van der Waals surface area contributed by atoms with Gasteiger partial charge >= 0.3 is 5.97 Å². The largest absolute Gasteiger partial charge is 0.478 e. The quantitative estimate of drug-likeness (QED) is 0.435. The van der Waals surface area contributed by atoms with Gasteiger partial charge in [0, 0.05) is 25.0 Å². The summed E-state index contributed by atoms with van der Waals surface area (Å²) in [5, 5.41) is 19.2. The average molecular weight is 477 g/mol. The van der Waals surface area contributed by atoms with Gasteiger partial charge in [0.15, 0.2) is 0 Å². The fourth-order valence-electron chi connectivity index (χ4n) is 4.27. The number of carbonyl (C=O) groups is 1. The van der Waals surface area contributed by atoms with Crippen LogP contribution in [0.2, 0.25) is 0 Å². The molecular formula is C29H36N2O4. The van der Waals surface area contributed by atoms with Crippen LogP contribution in [-0.2, 0) is 11.2 Å². The summed E-state index contributed by atoms with van der Waals surface area (Å²) in [7, 11) is 0. The van der Waals surface area contributed by atoms with E-state index in [1.165, 1.54) is 5.56 Å². The Bertz CT molecular complexity index is 979. The molecule has 1 aliphatic heterocycles. The van der Waals surface area contributed by atoms with Crippen molar-refractivity contribution < 1.29 is 19.7 Å². The number of carboxylic acid groups (broad SMARTS) is 1. The van der Waals surface area contributed by atoms with Crippen LogP contribution in [0.1, 0.15) is 33.8 Å². The van der Waals surface area contributed by atoms with Crippen molar-refractivity contribution >= 4 is 5.97 Å². The highest BCUT2D eigenvalue weighted by atomic mass is 16.5. The van der Waals surface area contributed by atoms with Crippen molar-refractivity contribution in [2.24, 2.45) is 5.73 Å². The van der Waals surface area contributed by atoms with E-state index in [9.17, 15) is 9.90 Å². The van der Waals surface area contributed by atoms with Crippen molar-refractivity contribution in [1.82, 2.24) is 4.90 Å². The summed E-state index contributed by atoms with van der Waals surface area (Å²) >= 11 is 0. The van der Waals surface area contributed by atoms with E-state index in [4.69, 9.17) is 15.6 Å². The van der Waals surface area contributed by atoms with Gasteiger partial charge in [-0.15, -0.1) is 0 Å². The Balaban J connectivity index is 0.000000320. The number of nitrogens with two attached hydrogens (primary N) is 1. The van der Waals surface area contributed by atoms with Crippen molar-refractivity contribution in [2.75, 3.05) is 32.8 Å². The van der Waals surface area contributed by atoms with Crippen LogP contribution in [0.15, 0.2) is 91.0 Å². The third kappa shape index (κ3) is 8.92. The summed E-state index contributed by atoms with van der Waals surface area (Å²) < 4.78 is 5.44. The molecule has 0 aromatic heterocycles. The second kappa shape index (κ2) is 14.4. The van der Waals surface area contributed by atoms with E-state index in [0.717, 1.165) is 44.8 Å². The van der Waals surface area contributed by atoms with E-state index in [1.54, 1.807) is 30.3 Å². The summed E-state index contributed by atoms with van der Waals surface area (Å²) in [6.45, 7) is 4.54. The minimum absolute atomic E-state index is 0.137. The van der Waals surface area contributed by atoms with E-state index in [2.05, 4.69) is 17.0 Å². The van der Waals surface area contributed by atoms with Gasteiger partial charge in [-0.2, -0.15) is 0 Å². The molecule has 35 heavy (non-hydrogen) atoms. The minimum Gasteiger partial charge on any atom is -0.478 e. The molecular weight excluding hydrogens is 440 g/mol. The molecule has 1 fully saturated rings. The van der Waals surface area contributed by atoms with Gasteiger partial charge in [-0.25, -0.2) is 4.79 Å². The van der Waals surface area contributed by atoms with Crippen LogP contribution in [0, 0.1) is 0 Å². The molecule has 6 heteroatoms. The van der Waals surface area contributed by atoms with E-state index < -0.39 is 12.1 Å². The minimum atomic E-state index is -0.879. The summed E-state index contributed by atoms with van der Waals surface area (Å²) in [5.74, 6) is -0.742. The molecule has 0 radical (unpaired) electrons. The molecule has 3 aromatic carbocycles. The van der Waals surface area contributed by atoms with Crippen LogP contribution in [0.5, 0.6) is 0 Å². The second-order valence-corrected chi connectivity index (χ2v) is 8.77. The normalized spacial score (nSPS) is 16.4. The first-order valence-corrected chi connectivity index (χ1v) is 12.2. The van der Waals surface area contributed by atoms with Gasteiger partial charge in [-0.1, -0.05) is 78.9 Å². The summed E-state index contributed by atoms with van der Waals surface area (Å²) in [6, 6.07) is 28.4. The van der Waals surface area contributed by atoms with Crippen LogP contribution in [0.4, 0.5) is 0 Å². The number of benzene rings is 3. The molecule has 3 unspecified atom stereocenters. The number of nitrogens with zero attached hydrogens (tertiary/aromatic N) is 1. The van der Waals surface area contributed by atoms with E-state index >= 15 is 0 Å². The maximum absolute atomic E-state index is 10.8. The van der Waals surface area contributed by atoms with Gasteiger partial charge in [-0.3, -0.25) is 4.90 Å². The zero-order chi connectivity index (χ0) is 24.9. The van der Waals surface area contributed by atoms with Crippen LogP contribution < -0.4 is 5.73 Å². The lowest BCUT2D eigenvalue weighted by Crippen LogP contribution is -2.43. The lowest BCUT2D eigenvalue weighted by atomic mass is 9.84. The molecule has 0 aliphatic carbocycles. The fraction of sp³-hybridized carbons (Fsp3) is 0.345. The van der Waals surface area contributed by atoms with Crippen molar-refractivity contribution in [1.29, 1.82) is 0 Å². The standard InChI is InChI=1S/C22H30N2O2.C7H6O2/c23-22(21(25)17-18-7-3-1-4-8-18)20(19-9-5-2-6-10-19)11-12-24-13-15-26-16-14-24;8-7(9)6-4-2-1-3-5-6/h1-10,20-22,25H,11-17,23H2;1-5H,(H,8,9). The predicted molar refractivity (Wildman–Crippen MR) is 139 cm³/mol. The highest BCUT2D eigenvalue weighted by Gasteiger charge is 2.27. The van der Waals surface area contributed by atoms with Crippen molar-refractivity contribution in [2.45, 2.75) is 30.9 Å². The van der Waals surface area contributed by atoms with E-state index in [0.29, 0.717) is 12.0 Å². The lowest BCUT2D eigenvalue weighted by molar-refractivity contribution is 0.0350. The van der Waals surface area contributed by atoms with Gasteiger partial charge in [0.05, 0.1) is 24.9 Å². The third-order valence-corrected chi connectivity index (χ3v) is 6.31. The zero-order valence-corrected chi connectivity index (χ0v) is 20.1. The Kier molecular flexibility index (Phi) is 10.9. The Morgan fingerprint density at radius 3 is 1.97 bits per heavy atom. The second-order valence-electron chi connectivity index (χ2n) is 8.77. The van der Waals surface area contributed by atoms with Gasteiger partial charge in [0.25, 0.3) is 0 Å². The molecule has 4 rings (SSSR count). The number of ether oxygens (including phenoxy) is 1. The first-order valence-electron chi connectivity index (χ1n) is 12.2. The number of aromatic carboxylic acids is 1. The van der Waals surface area contributed by atoms with Crippen LogP contribution in [0.3, 0.4) is 0 Å². The summed E-state index contributed by atoms with van der Waals surface area (Å²) in [4.78, 5) is 12.6. The molecule has 0 saturated carbocycles. The zero-order valence-electron chi connectivity index (χ0n) is 20.1. The number of rotatable bonds is 9. The molecule has 3 aromatic rings. The predicted octanol–water partition coefficient (Wildman–Crippen LogP) is 3.81. The van der Waals surface area contributed by atoms with Crippen molar-refractivity contribution in [3.05, 3.63) is 108 Å². The first kappa shape index (κ1) is 26.6. The van der Waals surface area contributed by atoms with Gasteiger partial charge in [0.2, 0.25) is 0 Å². The smallest absolute Gasteiger partial charge is 0.335 e. The molecule has 1 heterocycles. The number of hydrogen-bond acceptors (Lipinski definition) is 5. The van der Waals surface area contributed by atoms with Crippen molar-refractivity contribution in [3.63, 3.8) is 0 Å². The SMILES string of the molecule is NC(C(O)Cc1ccccc1)C(CCN1CCOCC1)c1ccccc1.O=C(O)c1ccccc1. The fourth-order valence-corrected chi connectivity index (χ4v) is 4.27. The molecule has 4 N–H and O–H groups in total. The number of hydrogen-bond donors (Lipinski definition) is 3. The lowest BCUT2D eigenvalue weighted by Gasteiger charge is -2.32. The van der Waals surface area contributed by atoms with Crippen LogP contribution in [0.25, 0.3) is 0 Å². The molecule has 3 atom stereocenters. The maximum atomic E-state index is 10.8. The molecule has 1 aliphatic rings. The van der Waals surface area contributed by atoms with Gasteiger partial charge < -0.3 is 20.7 Å². The molecule has 6 nitrogen and oxygen atoms in total. The Hall–Kier alpha value is -3.03. The topological polar surface area (TPSA) is 96.0 Å². The summed E-state index contributed by atoms with van der Waals surface area (Å²) in [5.41, 5.74) is 9.22. The number of aliphatic hydroxyl groups excluding tert-OH is 1. The molecule has 1 saturated heterocycles. The molecule has 0 spiro atoms. The highest BCUT2D eigenvalue weighted by Crippen LogP contribution is 2.26. The Morgan fingerprint density at radius 1 is 0.886 bits per heavy atom. The number of morpholine rings is 1. The van der Waals surface area contributed by atoms with E-state index in [-0.39, 0.29) is 12.0 Å². The maximum Gasteiger partial charge on any atom is 0.335 e. The third-order valence-electron chi connectivity index (χ3n) is 6.31.